The van der Waals surface area contributed by atoms with Gasteiger partial charge in [0.1, 0.15) is 5.75 Å². The highest BCUT2D eigenvalue weighted by atomic mass is 35.5. The molecule has 0 aliphatic rings. The van der Waals surface area contributed by atoms with Crippen LogP contribution < -0.4 is 10.1 Å². The molecule has 0 aliphatic carbocycles. The van der Waals surface area contributed by atoms with Crippen molar-refractivity contribution in [3.8, 4) is 5.75 Å². The predicted molar refractivity (Wildman–Crippen MR) is 91.4 cm³/mol. The van der Waals surface area contributed by atoms with E-state index in [1.54, 1.807) is 18.2 Å². The molecule has 22 heavy (non-hydrogen) atoms. The van der Waals surface area contributed by atoms with Gasteiger partial charge in [0.15, 0.2) is 11.7 Å². The third kappa shape index (κ3) is 4.60. The Morgan fingerprint density at radius 3 is 2.68 bits per heavy atom. The molecule has 0 aliphatic heterocycles. The van der Waals surface area contributed by atoms with Crippen molar-refractivity contribution >= 4 is 45.6 Å². The standard InChI is InChI=1S/C15H16Cl2N2O2S/c1-15(2,3)12-8-22-14(18-12)19-13(20)7-21-11-5-4-9(16)6-10(11)17/h4-6,8H,7H2,1-3H3,(H,18,19,20). The molecule has 7 heteroatoms. The molecule has 1 amide bonds. The monoisotopic (exact) mass is 358 g/mol. The van der Waals surface area contributed by atoms with Gasteiger partial charge in [-0.05, 0) is 18.2 Å². The van der Waals surface area contributed by atoms with E-state index < -0.39 is 0 Å². The van der Waals surface area contributed by atoms with Crippen LogP contribution in [0.2, 0.25) is 10.0 Å². The molecule has 0 radical (unpaired) electrons. The molecule has 0 atom stereocenters. The summed E-state index contributed by atoms with van der Waals surface area (Å²) >= 11 is 13.2. The number of carbonyl (C=O) groups excluding carboxylic acids is 1. The number of aromatic nitrogens is 1. The highest BCUT2D eigenvalue weighted by Crippen LogP contribution is 2.28. The number of ether oxygens (including phenoxy) is 1. The number of hydrogen-bond acceptors (Lipinski definition) is 4. The number of rotatable bonds is 4. The molecule has 0 unspecified atom stereocenters. The molecule has 0 saturated heterocycles. The summed E-state index contributed by atoms with van der Waals surface area (Å²) in [6.07, 6.45) is 0. The Labute approximate surface area is 143 Å². The normalized spacial score (nSPS) is 11.3. The number of benzene rings is 1. The Kier molecular flexibility index (Phi) is 5.32. The van der Waals surface area contributed by atoms with Crippen molar-refractivity contribution in [1.82, 2.24) is 4.98 Å². The first-order chi connectivity index (χ1) is 10.3. The van der Waals surface area contributed by atoms with Gasteiger partial charge in [-0.15, -0.1) is 11.3 Å². The van der Waals surface area contributed by atoms with Gasteiger partial charge in [0.2, 0.25) is 0 Å². The van der Waals surface area contributed by atoms with E-state index in [0.717, 1.165) is 5.69 Å². The fraction of sp³-hybridized carbons (Fsp3) is 0.333. The van der Waals surface area contributed by atoms with Gasteiger partial charge < -0.3 is 4.74 Å². The maximum Gasteiger partial charge on any atom is 0.264 e. The van der Waals surface area contributed by atoms with Gasteiger partial charge in [-0.25, -0.2) is 4.98 Å². The summed E-state index contributed by atoms with van der Waals surface area (Å²) in [4.78, 5) is 16.3. The molecule has 1 aromatic carbocycles. The number of hydrogen-bond donors (Lipinski definition) is 1. The van der Waals surface area contributed by atoms with Crippen LogP contribution in [0, 0.1) is 0 Å². The van der Waals surface area contributed by atoms with Crippen molar-refractivity contribution < 1.29 is 9.53 Å². The maximum atomic E-state index is 11.9. The summed E-state index contributed by atoms with van der Waals surface area (Å²) in [6, 6.07) is 4.84. The summed E-state index contributed by atoms with van der Waals surface area (Å²) < 4.78 is 5.37. The Bertz CT molecular complexity index is 680. The molecule has 0 bridgehead atoms. The lowest BCUT2D eigenvalue weighted by Crippen LogP contribution is -2.20. The van der Waals surface area contributed by atoms with E-state index >= 15 is 0 Å². The summed E-state index contributed by atoms with van der Waals surface area (Å²) in [5, 5.41) is 6.08. The molecular weight excluding hydrogens is 343 g/mol. The number of anilines is 1. The van der Waals surface area contributed by atoms with Crippen molar-refractivity contribution in [2.45, 2.75) is 26.2 Å². The molecule has 0 saturated carbocycles. The number of nitrogens with one attached hydrogen (secondary N) is 1. The topological polar surface area (TPSA) is 51.2 Å². The van der Waals surface area contributed by atoms with E-state index in [1.807, 2.05) is 5.38 Å². The van der Waals surface area contributed by atoms with Crippen LogP contribution in [0.4, 0.5) is 5.13 Å². The van der Waals surface area contributed by atoms with E-state index in [4.69, 9.17) is 27.9 Å². The van der Waals surface area contributed by atoms with E-state index in [9.17, 15) is 4.79 Å². The third-order valence-electron chi connectivity index (χ3n) is 2.77. The molecule has 0 spiro atoms. The van der Waals surface area contributed by atoms with Crippen molar-refractivity contribution in [3.05, 3.63) is 39.3 Å². The van der Waals surface area contributed by atoms with Crippen LogP contribution in [0.5, 0.6) is 5.75 Å². The highest BCUT2D eigenvalue weighted by Gasteiger charge is 2.18. The molecule has 1 aromatic heterocycles. The van der Waals surface area contributed by atoms with Gasteiger partial charge in [0.25, 0.3) is 5.91 Å². The number of nitrogens with zero attached hydrogens (tertiary/aromatic N) is 1. The molecule has 2 aromatic rings. The maximum absolute atomic E-state index is 11.9. The van der Waals surface area contributed by atoms with E-state index in [0.29, 0.717) is 20.9 Å². The zero-order valence-corrected chi connectivity index (χ0v) is 14.8. The Hall–Kier alpha value is -1.30. The average Bonchev–Trinajstić information content (AvgIpc) is 2.86. The molecule has 118 valence electrons. The smallest absolute Gasteiger partial charge is 0.264 e. The zero-order chi connectivity index (χ0) is 16.3. The van der Waals surface area contributed by atoms with E-state index in [-0.39, 0.29) is 17.9 Å². The van der Waals surface area contributed by atoms with Gasteiger partial charge in [-0.1, -0.05) is 44.0 Å². The second kappa shape index (κ2) is 6.86. The van der Waals surface area contributed by atoms with Crippen LogP contribution in [0.1, 0.15) is 26.5 Å². The van der Waals surface area contributed by atoms with Crippen LogP contribution in [-0.2, 0) is 10.2 Å². The Balaban J connectivity index is 1.92. The Morgan fingerprint density at radius 1 is 1.36 bits per heavy atom. The fourth-order valence-corrected chi connectivity index (χ4v) is 2.98. The minimum Gasteiger partial charge on any atom is -0.482 e. The zero-order valence-electron chi connectivity index (χ0n) is 12.4. The fourth-order valence-electron chi connectivity index (χ4n) is 1.57. The molecule has 2 rings (SSSR count). The largest absolute Gasteiger partial charge is 0.482 e. The van der Waals surface area contributed by atoms with Crippen molar-refractivity contribution in [2.24, 2.45) is 0 Å². The van der Waals surface area contributed by atoms with E-state index in [1.165, 1.54) is 11.3 Å². The summed E-state index contributed by atoms with van der Waals surface area (Å²) in [7, 11) is 0. The SMILES string of the molecule is CC(C)(C)c1csc(NC(=O)COc2ccc(Cl)cc2Cl)n1. The minimum atomic E-state index is -0.291. The van der Waals surface area contributed by atoms with Crippen molar-refractivity contribution in [1.29, 1.82) is 0 Å². The third-order valence-corrected chi connectivity index (χ3v) is 4.06. The lowest BCUT2D eigenvalue weighted by atomic mass is 9.93. The summed E-state index contributed by atoms with van der Waals surface area (Å²) in [5.74, 6) is 0.122. The number of halogens is 2. The predicted octanol–water partition coefficient (Wildman–Crippen LogP) is 4.76. The quantitative estimate of drug-likeness (QED) is 0.856. The minimum absolute atomic E-state index is 0.0488. The van der Waals surface area contributed by atoms with E-state index in [2.05, 4.69) is 31.1 Å². The van der Waals surface area contributed by atoms with Crippen LogP contribution in [0.3, 0.4) is 0 Å². The van der Waals surface area contributed by atoms with Crippen LogP contribution >= 0.6 is 34.5 Å². The van der Waals surface area contributed by atoms with Gasteiger partial charge in [-0.2, -0.15) is 0 Å². The molecule has 0 fully saturated rings. The second-order valence-electron chi connectivity index (χ2n) is 5.70. The highest BCUT2D eigenvalue weighted by molar-refractivity contribution is 7.13. The van der Waals surface area contributed by atoms with Crippen LogP contribution in [-0.4, -0.2) is 17.5 Å². The summed E-state index contributed by atoms with van der Waals surface area (Å²) in [5.41, 5.74) is 0.891. The number of thiazole rings is 1. The van der Waals surface area contributed by atoms with Crippen LogP contribution in [0.25, 0.3) is 0 Å². The molecule has 1 heterocycles. The first-order valence-corrected chi connectivity index (χ1v) is 8.23. The number of amides is 1. The lowest BCUT2D eigenvalue weighted by molar-refractivity contribution is -0.118. The van der Waals surface area contributed by atoms with Gasteiger partial charge in [0.05, 0.1) is 10.7 Å². The molecule has 1 N–H and O–H groups in total. The molecular formula is C15H16Cl2N2O2S. The van der Waals surface area contributed by atoms with Crippen molar-refractivity contribution in [2.75, 3.05) is 11.9 Å². The first kappa shape index (κ1) is 17.1. The van der Waals surface area contributed by atoms with Crippen LogP contribution in [0.15, 0.2) is 23.6 Å². The number of carbonyl (C=O) groups is 1. The van der Waals surface area contributed by atoms with Gasteiger partial charge in [0, 0.05) is 15.8 Å². The Morgan fingerprint density at radius 2 is 2.09 bits per heavy atom. The average molecular weight is 359 g/mol. The lowest BCUT2D eigenvalue weighted by Gasteiger charge is -2.14. The second-order valence-corrected chi connectivity index (χ2v) is 7.40. The van der Waals surface area contributed by atoms with Crippen molar-refractivity contribution in [3.63, 3.8) is 0 Å². The summed E-state index contributed by atoms with van der Waals surface area (Å²) in [6.45, 7) is 6.06. The first-order valence-electron chi connectivity index (χ1n) is 6.59. The van der Waals surface area contributed by atoms with Gasteiger partial charge in [-0.3, -0.25) is 10.1 Å². The van der Waals surface area contributed by atoms with Gasteiger partial charge >= 0.3 is 0 Å². The molecule has 4 nitrogen and oxygen atoms in total.